The van der Waals surface area contributed by atoms with Gasteiger partial charge in [-0.05, 0) is 48.6 Å². The van der Waals surface area contributed by atoms with E-state index in [1.165, 1.54) is 12.1 Å². The highest BCUT2D eigenvalue weighted by Gasteiger charge is 2.04. The van der Waals surface area contributed by atoms with Crippen LogP contribution in [0.25, 0.3) is 0 Å². The summed E-state index contributed by atoms with van der Waals surface area (Å²) in [6, 6.07) is 9.82. The molecule has 0 saturated heterocycles. The average Bonchev–Trinajstić information content (AvgIpc) is 2.93. The smallest absolute Gasteiger partial charge is 0.387 e. The maximum absolute atomic E-state index is 12.0. The highest BCUT2D eigenvalue weighted by atomic mass is 32.1. The highest BCUT2D eigenvalue weighted by Crippen LogP contribution is 2.17. The van der Waals surface area contributed by atoms with Crippen LogP contribution >= 0.6 is 12.2 Å². The molecule has 0 aliphatic heterocycles. The Labute approximate surface area is 126 Å². The molecular formula is C14H14F2N2O2S. The number of halogens is 2. The van der Waals surface area contributed by atoms with Crippen molar-refractivity contribution in [3.63, 3.8) is 0 Å². The Morgan fingerprint density at radius 2 is 2.00 bits per heavy atom. The molecule has 0 radical (unpaired) electrons. The molecule has 0 atom stereocenters. The van der Waals surface area contributed by atoms with Crippen LogP contribution < -0.4 is 15.4 Å². The van der Waals surface area contributed by atoms with E-state index in [-0.39, 0.29) is 5.75 Å². The van der Waals surface area contributed by atoms with Crippen LogP contribution in [0.2, 0.25) is 0 Å². The van der Waals surface area contributed by atoms with Crippen LogP contribution in [0.15, 0.2) is 47.1 Å². The van der Waals surface area contributed by atoms with Crippen LogP contribution in [0.1, 0.15) is 5.76 Å². The molecule has 1 aromatic carbocycles. The molecule has 2 N–H and O–H groups in total. The fraction of sp³-hybridized carbons (Fsp3) is 0.214. The first-order valence-electron chi connectivity index (χ1n) is 6.25. The van der Waals surface area contributed by atoms with Gasteiger partial charge in [0.15, 0.2) is 5.11 Å². The SMILES string of the molecule is FC(F)Oc1ccc(NC(=S)NCCc2ccco2)cc1. The van der Waals surface area contributed by atoms with Crippen molar-refractivity contribution in [1.82, 2.24) is 5.32 Å². The summed E-state index contributed by atoms with van der Waals surface area (Å²) in [5.74, 6) is 0.978. The number of hydrogen-bond donors (Lipinski definition) is 2. The van der Waals surface area contributed by atoms with E-state index in [1.807, 2.05) is 12.1 Å². The first-order valence-corrected chi connectivity index (χ1v) is 6.66. The van der Waals surface area contributed by atoms with E-state index in [0.717, 1.165) is 12.2 Å². The first-order chi connectivity index (χ1) is 10.1. The fourth-order valence-electron chi connectivity index (χ4n) is 1.65. The number of anilines is 1. The summed E-state index contributed by atoms with van der Waals surface area (Å²) in [5.41, 5.74) is 0.687. The minimum Gasteiger partial charge on any atom is -0.469 e. The number of hydrogen-bond acceptors (Lipinski definition) is 3. The molecule has 0 aliphatic rings. The number of ether oxygens (including phenoxy) is 1. The zero-order valence-electron chi connectivity index (χ0n) is 11.0. The van der Waals surface area contributed by atoms with Gasteiger partial charge in [0, 0.05) is 18.7 Å². The summed E-state index contributed by atoms with van der Waals surface area (Å²) in [4.78, 5) is 0. The number of nitrogens with one attached hydrogen (secondary N) is 2. The van der Waals surface area contributed by atoms with E-state index in [9.17, 15) is 8.78 Å². The van der Waals surface area contributed by atoms with Crippen LogP contribution in [-0.4, -0.2) is 18.3 Å². The quantitative estimate of drug-likeness (QED) is 0.801. The predicted molar refractivity (Wildman–Crippen MR) is 79.7 cm³/mol. The zero-order chi connectivity index (χ0) is 15.1. The second-order valence-electron chi connectivity index (χ2n) is 4.11. The maximum Gasteiger partial charge on any atom is 0.387 e. The van der Waals surface area contributed by atoms with Crippen molar-refractivity contribution >= 4 is 23.0 Å². The number of rotatable bonds is 6. The fourth-order valence-corrected chi connectivity index (χ4v) is 1.87. The molecule has 0 unspecified atom stereocenters. The molecule has 2 rings (SSSR count). The Kier molecular flexibility index (Phi) is 5.51. The first kappa shape index (κ1) is 15.2. The molecule has 0 aliphatic carbocycles. The van der Waals surface area contributed by atoms with E-state index in [1.54, 1.807) is 18.4 Å². The van der Waals surface area contributed by atoms with Crippen molar-refractivity contribution in [2.45, 2.75) is 13.0 Å². The third kappa shape index (κ3) is 5.39. The van der Waals surface area contributed by atoms with E-state index in [0.29, 0.717) is 17.3 Å². The Balaban J connectivity index is 1.74. The Morgan fingerprint density at radius 1 is 1.24 bits per heavy atom. The van der Waals surface area contributed by atoms with E-state index in [2.05, 4.69) is 15.4 Å². The number of alkyl halides is 2. The average molecular weight is 312 g/mol. The van der Waals surface area contributed by atoms with Crippen molar-refractivity contribution in [3.8, 4) is 5.75 Å². The second kappa shape index (κ2) is 7.58. The Bertz CT molecular complexity index is 559. The van der Waals surface area contributed by atoms with Crippen molar-refractivity contribution in [1.29, 1.82) is 0 Å². The van der Waals surface area contributed by atoms with Gasteiger partial charge in [-0.1, -0.05) is 0 Å². The van der Waals surface area contributed by atoms with Crippen LogP contribution in [0.3, 0.4) is 0 Å². The van der Waals surface area contributed by atoms with Gasteiger partial charge in [0.1, 0.15) is 11.5 Å². The van der Waals surface area contributed by atoms with E-state index < -0.39 is 6.61 Å². The number of furan rings is 1. The van der Waals surface area contributed by atoms with Crippen LogP contribution in [0, 0.1) is 0 Å². The molecule has 7 heteroatoms. The van der Waals surface area contributed by atoms with Crippen molar-refractivity contribution in [3.05, 3.63) is 48.4 Å². The predicted octanol–water partition coefficient (Wildman–Crippen LogP) is 3.41. The monoisotopic (exact) mass is 312 g/mol. The topological polar surface area (TPSA) is 46.4 Å². The van der Waals surface area contributed by atoms with Gasteiger partial charge >= 0.3 is 6.61 Å². The van der Waals surface area contributed by atoms with Gasteiger partial charge in [-0.2, -0.15) is 8.78 Å². The van der Waals surface area contributed by atoms with Gasteiger partial charge in [-0.3, -0.25) is 0 Å². The highest BCUT2D eigenvalue weighted by molar-refractivity contribution is 7.80. The van der Waals surface area contributed by atoms with Crippen LogP contribution in [0.5, 0.6) is 5.75 Å². The normalized spacial score (nSPS) is 10.4. The molecule has 0 saturated carbocycles. The maximum atomic E-state index is 12.0. The standard InChI is InChI=1S/C14H14F2N2O2S/c15-13(16)20-12-5-3-10(4-6-12)18-14(21)17-8-7-11-2-1-9-19-11/h1-6,9,13H,7-8H2,(H2,17,18,21). The van der Waals surface area contributed by atoms with E-state index >= 15 is 0 Å². The molecule has 112 valence electrons. The van der Waals surface area contributed by atoms with Crippen LogP contribution in [-0.2, 0) is 6.42 Å². The van der Waals surface area contributed by atoms with Crippen molar-refractivity contribution in [2.24, 2.45) is 0 Å². The Morgan fingerprint density at radius 3 is 2.62 bits per heavy atom. The van der Waals surface area contributed by atoms with Gasteiger partial charge in [0.05, 0.1) is 6.26 Å². The van der Waals surface area contributed by atoms with E-state index in [4.69, 9.17) is 16.6 Å². The molecule has 0 fully saturated rings. The summed E-state index contributed by atoms with van der Waals surface area (Å²) < 4.78 is 33.5. The third-order valence-electron chi connectivity index (χ3n) is 2.57. The second-order valence-corrected chi connectivity index (χ2v) is 4.52. The molecule has 0 spiro atoms. The molecular weight excluding hydrogens is 298 g/mol. The van der Waals surface area contributed by atoms with Gasteiger partial charge in [0.25, 0.3) is 0 Å². The molecule has 0 amide bonds. The lowest BCUT2D eigenvalue weighted by Crippen LogP contribution is -2.30. The lowest BCUT2D eigenvalue weighted by molar-refractivity contribution is -0.0498. The molecule has 4 nitrogen and oxygen atoms in total. The summed E-state index contributed by atoms with van der Waals surface area (Å²) in [7, 11) is 0. The van der Waals surface area contributed by atoms with Crippen LogP contribution in [0.4, 0.5) is 14.5 Å². The summed E-state index contributed by atoms with van der Waals surface area (Å²) in [6.07, 6.45) is 2.34. The van der Waals surface area contributed by atoms with Crippen molar-refractivity contribution in [2.75, 3.05) is 11.9 Å². The largest absolute Gasteiger partial charge is 0.469 e. The third-order valence-corrected chi connectivity index (χ3v) is 2.82. The van der Waals surface area contributed by atoms with Gasteiger partial charge < -0.3 is 19.8 Å². The zero-order valence-corrected chi connectivity index (χ0v) is 11.8. The molecule has 21 heavy (non-hydrogen) atoms. The summed E-state index contributed by atoms with van der Waals surface area (Å²) in [6.45, 7) is -2.19. The lowest BCUT2D eigenvalue weighted by atomic mass is 10.3. The van der Waals surface area contributed by atoms with Crippen molar-refractivity contribution < 1.29 is 17.9 Å². The Hall–Kier alpha value is -2.15. The summed E-state index contributed by atoms with van der Waals surface area (Å²) >= 11 is 5.13. The lowest BCUT2D eigenvalue weighted by Gasteiger charge is -2.10. The molecule has 2 aromatic rings. The minimum absolute atomic E-state index is 0.104. The van der Waals surface area contributed by atoms with Gasteiger partial charge in [0.2, 0.25) is 0 Å². The summed E-state index contributed by atoms with van der Waals surface area (Å²) in [5, 5.41) is 6.42. The number of benzene rings is 1. The van der Waals surface area contributed by atoms with Gasteiger partial charge in [-0.25, -0.2) is 0 Å². The molecule has 0 bridgehead atoms. The van der Waals surface area contributed by atoms with Gasteiger partial charge in [-0.15, -0.1) is 0 Å². The molecule has 1 heterocycles. The molecule has 1 aromatic heterocycles. The minimum atomic E-state index is -2.83. The number of thiocarbonyl (C=S) groups is 1.